The van der Waals surface area contributed by atoms with E-state index in [1.807, 2.05) is 6.07 Å². The number of nitrogens with one attached hydrogen (secondary N) is 1. The van der Waals surface area contributed by atoms with Crippen LogP contribution in [0.2, 0.25) is 0 Å². The molecule has 0 unspecified atom stereocenters. The van der Waals surface area contributed by atoms with E-state index in [-0.39, 0.29) is 17.2 Å². The van der Waals surface area contributed by atoms with Crippen LogP contribution < -0.4 is 4.72 Å². The molecule has 0 heterocycles. The van der Waals surface area contributed by atoms with Crippen LogP contribution >= 0.6 is 0 Å². The summed E-state index contributed by atoms with van der Waals surface area (Å²) < 4.78 is 27.0. The first-order valence-corrected chi connectivity index (χ1v) is 8.64. The Hall–Kier alpha value is -1.91. The van der Waals surface area contributed by atoms with Gasteiger partial charge in [0.2, 0.25) is 10.0 Å². The summed E-state index contributed by atoms with van der Waals surface area (Å²) in [7, 11) is -2.00. The largest absolute Gasteiger partial charge is 0.341 e. The van der Waals surface area contributed by atoms with Crippen LogP contribution in [0.4, 0.5) is 0 Å². The summed E-state index contributed by atoms with van der Waals surface area (Å²) in [6, 6.07) is 7.95. The van der Waals surface area contributed by atoms with Gasteiger partial charge >= 0.3 is 0 Å². The number of nitriles is 1. The average molecular weight is 321 g/mol. The average Bonchev–Trinajstić information content (AvgIpc) is 3.34. The minimum absolute atomic E-state index is 0.0904. The zero-order valence-electron chi connectivity index (χ0n) is 12.4. The van der Waals surface area contributed by atoms with Crippen LogP contribution in [0, 0.1) is 17.2 Å². The molecule has 2 rings (SSSR count). The molecule has 1 aromatic rings. The van der Waals surface area contributed by atoms with Crippen LogP contribution in [0.5, 0.6) is 0 Å². The predicted molar refractivity (Wildman–Crippen MR) is 81.5 cm³/mol. The number of sulfonamides is 1. The highest BCUT2D eigenvalue weighted by Crippen LogP contribution is 2.28. The summed E-state index contributed by atoms with van der Waals surface area (Å²) in [4.78, 5) is 13.7. The summed E-state index contributed by atoms with van der Waals surface area (Å²) in [5.74, 6) is 0.145. The summed E-state index contributed by atoms with van der Waals surface area (Å²) in [5.41, 5.74) is 0.301. The van der Waals surface area contributed by atoms with Crippen LogP contribution in [0.25, 0.3) is 0 Å². The second-order valence-electron chi connectivity index (χ2n) is 5.46. The van der Waals surface area contributed by atoms with Crippen molar-refractivity contribution in [2.75, 3.05) is 20.1 Å². The highest BCUT2D eigenvalue weighted by atomic mass is 32.2. The third-order valence-corrected chi connectivity index (χ3v) is 4.98. The van der Waals surface area contributed by atoms with E-state index >= 15 is 0 Å². The van der Waals surface area contributed by atoms with Crippen molar-refractivity contribution in [3.63, 3.8) is 0 Å². The van der Waals surface area contributed by atoms with E-state index in [4.69, 9.17) is 5.26 Å². The number of benzene rings is 1. The van der Waals surface area contributed by atoms with Gasteiger partial charge in [-0.2, -0.15) is 5.26 Å². The number of rotatable bonds is 7. The lowest BCUT2D eigenvalue weighted by Gasteiger charge is -2.16. The van der Waals surface area contributed by atoms with Gasteiger partial charge in [-0.1, -0.05) is 6.07 Å². The van der Waals surface area contributed by atoms with Crippen molar-refractivity contribution in [3.05, 3.63) is 29.8 Å². The summed E-state index contributed by atoms with van der Waals surface area (Å²) >= 11 is 0. The van der Waals surface area contributed by atoms with Crippen molar-refractivity contribution < 1.29 is 13.2 Å². The van der Waals surface area contributed by atoms with Crippen LogP contribution in [0.1, 0.15) is 29.6 Å². The van der Waals surface area contributed by atoms with Gasteiger partial charge in [0.05, 0.1) is 17.4 Å². The Morgan fingerprint density at radius 2 is 2.18 bits per heavy atom. The maximum Gasteiger partial charge on any atom is 0.253 e. The van der Waals surface area contributed by atoms with E-state index in [0.717, 1.165) is 12.8 Å². The van der Waals surface area contributed by atoms with Gasteiger partial charge in [0.1, 0.15) is 0 Å². The molecule has 1 amide bonds. The number of amides is 1. The lowest BCUT2D eigenvalue weighted by molar-refractivity contribution is 0.0798. The summed E-state index contributed by atoms with van der Waals surface area (Å²) in [6.45, 7) is 0.759. The molecular weight excluding hydrogens is 302 g/mol. The molecular formula is C15H19N3O3S. The van der Waals surface area contributed by atoms with Gasteiger partial charge in [-0.25, -0.2) is 13.1 Å². The van der Waals surface area contributed by atoms with E-state index in [0.29, 0.717) is 24.6 Å². The Kier molecular flexibility index (Phi) is 5.16. The Bertz CT molecular complexity index is 690. The normalized spacial score (nSPS) is 14.4. The van der Waals surface area contributed by atoms with E-state index in [1.54, 1.807) is 19.2 Å². The second kappa shape index (κ2) is 6.90. The van der Waals surface area contributed by atoms with Gasteiger partial charge in [0.25, 0.3) is 5.91 Å². The third kappa shape index (κ3) is 4.29. The van der Waals surface area contributed by atoms with Gasteiger partial charge in [-0.15, -0.1) is 0 Å². The fourth-order valence-electron chi connectivity index (χ4n) is 1.97. The molecule has 0 saturated heterocycles. The molecule has 1 aliphatic carbocycles. The molecule has 118 valence electrons. The van der Waals surface area contributed by atoms with Crippen molar-refractivity contribution >= 4 is 15.9 Å². The van der Waals surface area contributed by atoms with Crippen molar-refractivity contribution in [2.24, 2.45) is 5.92 Å². The molecule has 7 heteroatoms. The number of carbonyl (C=O) groups is 1. The van der Waals surface area contributed by atoms with Gasteiger partial charge in [0, 0.05) is 25.7 Å². The lowest BCUT2D eigenvalue weighted by Crippen LogP contribution is -2.29. The SMILES string of the molecule is CN(CCC#N)C(=O)c1cccc(S(=O)(=O)NCC2CC2)c1. The fourth-order valence-corrected chi connectivity index (χ4v) is 3.13. The third-order valence-electron chi connectivity index (χ3n) is 3.56. The topological polar surface area (TPSA) is 90.3 Å². The first-order chi connectivity index (χ1) is 10.4. The van der Waals surface area contributed by atoms with E-state index in [2.05, 4.69) is 4.72 Å². The molecule has 0 spiro atoms. The van der Waals surface area contributed by atoms with Crippen LogP contribution in [0.3, 0.4) is 0 Å². The Labute approximate surface area is 130 Å². The number of hydrogen-bond acceptors (Lipinski definition) is 4. The molecule has 0 radical (unpaired) electrons. The maximum absolute atomic E-state index is 12.2. The van der Waals surface area contributed by atoms with Gasteiger partial charge in [0.15, 0.2) is 0 Å². The first kappa shape index (κ1) is 16.5. The van der Waals surface area contributed by atoms with Crippen LogP contribution in [-0.2, 0) is 10.0 Å². The molecule has 1 N–H and O–H groups in total. The molecule has 22 heavy (non-hydrogen) atoms. The molecule has 0 bridgehead atoms. The summed E-state index contributed by atoms with van der Waals surface area (Å²) in [6.07, 6.45) is 2.36. The van der Waals surface area contributed by atoms with E-state index < -0.39 is 10.0 Å². The predicted octanol–water partition coefficient (Wildman–Crippen LogP) is 1.36. The number of nitrogens with zero attached hydrogens (tertiary/aromatic N) is 2. The first-order valence-electron chi connectivity index (χ1n) is 7.16. The monoisotopic (exact) mass is 321 g/mol. The molecule has 0 atom stereocenters. The molecule has 1 aliphatic rings. The van der Waals surface area contributed by atoms with Crippen molar-refractivity contribution in [3.8, 4) is 6.07 Å². The molecule has 1 aromatic carbocycles. The molecule has 6 nitrogen and oxygen atoms in total. The minimum Gasteiger partial charge on any atom is -0.341 e. The van der Waals surface area contributed by atoms with Gasteiger partial charge in [-0.05, 0) is 37.0 Å². The van der Waals surface area contributed by atoms with Crippen molar-refractivity contribution in [1.29, 1.82) is 5.26 Å². The molecule has 0 aromatic heterocycles. The quantitative estimate of drug-likeness (QED) is 0.821. The zero-order chi connectivity index (χ0) is 16.2. The Morgan fingerprint density at radius 1 is 1.45 bits per heavy atom. The number of hydrogen-bond donors (Lipinski definition) is 1. The molecule has 0 aliphatic heterocycles. The standard InChI is InChI=1S/C15H19N3O3S/c1-18(9-3-8-16)15(19)13-4-2-5-14(10-13)22(20,21)17-11-12-6-7-12/h2,4-5,10,12,17H,3,6-7,9,11H2,1H3. The maximum atomic E-state index is 12.2. The zero-order valence-corrected chi connectivity index (χ0v) is 13.3. The minimum atomic E-state index is -3.59. The van der Waals surface area contributed by atoms with E-state index in [1.165, 1.54) is 17.0 Å². The molecule has 1 fully saturated rings. The Balaban J connectivity index is 2.11. The Morgan fingerprint density at radius 3 is 2.82 bits per heavy atom. The van der Waals surface area contributed by atoms with Crippen molar-refractivity contribution in [1.82, 2.24) is 9.62 Å². The highest BCUT2D eigenvalue weighted by molar-refractivity contribution is 7.89. The van der Waals surface area contributed by atoms with Gasteiger partial charge in [-0.3, -0.25) is 4.79 Å². The lowest BCUT2D eigenvalue weighted by atomic mass is 10.2. The number of carbonyl (C=O) groups excluding carboxylic acids is 1. The van der Waals surface area contributed by atoms with Crippen LogP contribution in [-0.4, -0.2) is 39.4 Å². The van der Waals surface area contributed by atoms with E-state index in [9.17, 15) is 13.2 Å². The highest BCUT2D eigenvalue weighted by Gasteiger charge is 2.24. The molecule has 1 saturated carbocycles. The second-order valence-corrected chi connectivity index (χ2v) is 7.22. The van der Waals surface area contributed by atoms with Crippen LogP contribution in [0.15, 0.2) is 29.2 Å². The smallest absolute Gasteiger partial charge is 0.253 e. The van der Waals surface area contributed by atoms with Crippen molar-refractivity contribution in [2.45, 2.75) is 24.2 Å². The summed E-state index contributed by atoms with van der Waals surface area (Å²) in [5, 5.41) is 8.55. The fraction of sp³-hybridized carbons (Fsp3) is 0.467. The van der Waals surface area contributed by atoms with Gasteiger partial charge < -0.3 is 4.90 Å².